The smallest absolute Gasteiger partial charge is 0.307 e. The van der Waals surface area contributed by atoms with Crippen LogP contribution in [0.15, 0.2) is 18.2 Å². The number of aromatic nitrogens is 1. The first kappa shape index (κ1) is 11.0. The highest BCUT2D eigenvalue weighted by atomic mass is 35.5. The third kappa shape index (κ3) is 1.55. The number of aryl methyl sites for hydroxylation is 1. The minimum absolute atomic E-state index is 0.209. The van der Waals surface area contributed by atoms with Crippen molar-refractivity contribution in [3.8, 4) is 0 Å². The molecule has 0 saturated heterocycles. The lowest BCUT2D eigenvalue weighted by Crippen LogP contribution is -2.00. The van der Waals surface area contributed by atoms with Gasteiger partial charge in [0.25, 0.3) is 0 Å². The van der Waals surface area contributed by atoms with Gasteiger partial charge in [-0.25, -0.2) is 4.39 Å². The van der Waals surface area contributed by atoms with Gasteiger partial charge in [-0.2, -0.15) is 0 Å². The van der Waals surface area contributed by atoms with Crippen LogP contribution in [-0.2, 0) is 18.3 Å². The molecule has 1 aromatic carbocycles. The first-order valence-electron chi connectivity index (χ1n) is 4.65. The van der Waals surface area contributed by atoms with Crippen LogP contribution in [0.4, 0.5) is 4.39 Å². The summed E-state index contributed by atoms with van der Waals surface area (Å²) in [5.74, 6) is -1.39. The second-order valence-corrected chi connectivity index (χ2v) is 3.89. The van der Waals surface area contributed by atoms with Crippen molar-refractivity contribution < 1.29 is 14.3 Å². The van der Waals surface area contributed by atoms with E-state index >= 15 is 0 Å². The third-order valence-electron chi connectivity index (χ3n) is 2.52. The van der Waals surface area contributed by atoms with Crippen molar-refractivity contribution in [3.63, 3.8) is 0 Å². The van der Waals surface area contributed by atoms with Crippen LogP contribution < -0.4 is 0 Å². The predicted molar refractivity (Wildman–Crippen MR) is 59.2 cm³/mol. The van der Waals surface area contributed by atoms with E-state index in [4.69, 9.17) is 16.7 Å². The highest BCUT2D eigenvalue weighted by Gasteiger charge is 2.17. The summed E-state index contributed by atoms with van der Waals surface area (Å²) in [6.45, 7) is 0. The molecule has 2 rings (SSSR count). The predicted octanol–water partition coefficient (Wildman–Crippen LogP) is 2.60. The van der Waals surface area contributed by atoms with E-state index in [1.54, 1.807) is 19.2 Å². The van der Waals surface area contributed by atoms with Gasteiger partial charge < -0.3 is 9.67 Å². The molecule has 0 aliphatic rings. The van der Waals surface area contributed by atoms with Gasteiger partial charge in [0, 0.05) is 18.0 Å². The number of rotatable bonds is 2. The molecule has 0 atom stereocenters. The lowest BCUT2D eigenvalue weighted by Gasteiger charge is -1.97. The number of halogens is 2. The Labute approximate surface area is 96.1 Å². The zero-order chi connectivity index (χ0) is 11.9. The van der Waals surface area contributed by atoms with Crippen LogP contribution in [0.1, 0.15) is 5.56 Å². The molecule has 0 saturated carbocycles. The van der Waals surface area contributed by atoms with Crippen molar-refractivity contribution in [2.45, 2.75) is 6.42 Å². The number of hydrogen-bond acceptors (Lipinski definition) is 1. The molecule has 1 N–H and O–H groups in total. The molecule has 5 heteroatoms. The minimum Gasteiger partial charge on any atom is -0.481 e. The lowest BCUT2D eigenvalue weighted by molar-refractivity contribution is -0.136. The lowest BCUT2D eigenvalue weighted by atomic mass is 10.1. The van der Waals surface area contributed by atoms with Crippen molar-refractivity contribution in [1.82, 2.24) is 4.57 Å². The van der Waals surface area contributed by atoms with Crippen molar-refractivity contribution in [2.75, 3.05) is 0 Å². The number of hydrogen-bond donors (Lipinski definition) is 1. The van der Waals surface area contributed by atoms with Crippen LogP contribution >= 0.6 is 11.6 Å². The summed E-state index contributed by atoms with van der Waals surface area (Å²) >= 11 is 5.99. The minimum atomic E-state index is -0.987. The number of carboxylic acid groups (broad SMARTS) is 1. The molecule has 2 aromatic rings. The van der Waals surface area contributed by atoms with E-state index in [0.717, 1.165) is 0 Å². The van der Waals surface area contributed by atoms with Gasteiger partial charge in [0.1, 0.15) is 11.0 Å². The summed E-state index contributed by atoms with van der Waals surface area (Å²) in [4.78, 5) is 10.7. The molecule has 1 aromatic heterocycles. The van der Waals surface area contributed by atoms with Gasteiger partial charge in [-0.1, -0.05) is 23.7 Å². The highest BCUT2D eigenvalue weighted by Crippen LogP contribution is 2.30. The molecule has 3 nitrogen and oxygen atoms in total. The molecule has 0 spiro atoms. The molecule has 0 radical (unpaired) electrons. The summed E-state index contributed by atoms with van der Waals surface area (Å²) in [5.41, 5.74) is 0.787. The zero-order valence-electron chi connectivity index (χ0n) is 8.50. The summed E-state index contributed by atoms with van der Waals surface area (Å²) < 4.78 is 15.0. The van der Waals surface area contributed by atoms with E-state index in [-0.39, 0.29) is 11.6 Å². The van der Waals surface area contributed by atoms with Crippen LogP contribution in [0.25, 0.3) is 10.9 Å². The quantitative estimate of drug-likeness (QED) is 0.878. The van der Waals surface area contributed by atoms with E-state index in [1.807, 2.05) is 0 Å². The van der Waals surface area contributed by atoms with Gasteiger partial charge >= 0.3 is 5.97 Å². The molecule has 1 heterocycles. The van der Waals surface area contributed by atoms with Crippen LogP contribution in [0.2, 0.25) is 5.15 Å². The molecule has 16 heavy (non-hydrogen) atoms. The monoisotopic (exact) mass is 241 g/mol. The maximum atomic E-state index is 13.6. The normalized spacial score (nSPS) is 10.9. The van der Waals surface area contributed by atoms with Crippen molar-refractivity contribution in [1.29, 1.82) is 0 Å². The van der Waals surface area contributed by atoms with Crippen molar-refractivity contribution >= 4 is 28.5 Å². The second-order valence-electron chi connectivity index (χ2n) is 3.53. The maximum absolute atomic E-state index is 13.6. The van der Waals surface area contributed by atoms with Gasteiger partial charge in [-0.15, -0.1) is 0 Å². The van der Waals surface area contributed by atoms with E-state index in [1.165, 1.54) is 10.6 Å². The molecule has 0 unspecified atom stereocenters. The summed E-state index contributed by atoms with van der Waals surface area (Å²) in [7, 11) is 1.61. The third-order valence-corrected chi connectivity index (χ3v) is 3.00. The Morgan fingerprint density at radius 3 is 2.88 bits per heavy atom. The first-order chi connectivity index (χ1) is 7.52. The largest absolute Gasteiger partial charge is 0.481 e. The topological polar surface area (TPSA) is 42.2 Å². The second kappa shape index (κ2) is 3.79. The Bertz CT molecular complexity index is 577. The van der Waals surface area contributed by atoms with Gasteiger partial charge in [0.15, 0.2) is 0 Å². The van der Waals surface area contributed by atoms with Gasteiger partial charge in [-0.3, -0.25) is 4.79 Å². The van der Waals surface area contributed by atoms with Crippen molar-refractivity contribution in [3.05, 3.63) is 34.7 Å². The summed E-state index contributed by atoms with van der Waals surface area (Å²) in [6, 6.07) is 4.53. The number of carboxylic acids is 1. The molecule has 0 fully saturated rings. The van der Waals surface area contributed by atoms with Gasteiger partial charge in [-0.05, 0) is 6.07 Å². The Morgan fingerprint density at radius 2 is 2.25 bits per heavy atom. The Kier molecular flexibility index (Phi) is 2.59. The number of fused-ring (bicyclic) bond motifs is 1. The molecular weight excluding hydrogens is 233 g/mol. The number of nitrogens with zero attached hydrogens (tertiary/aromatic N) is 1. The van der Waals surface area contributed by atoms with E-state index in [2.05, 4.69) is 0 Å². The fourth-order valence-electron chi connectivity index (χ4n) is 1.83. The van der Waals surface area contributed by atoms with Crippen LogP contribution in [0.5, 0.6) is 0 Å². The van der Waals surface area contributed by atoms with Gasteiger partial charge in [0.05, 0.1) is 11.9 Å². The average Bonchev–Trinajstić information content (AvgIpc) is 2.44. The molecule has 84 valence electrons. The highest BCUT2D eigenvalue weighted by molar-refractivity contribution is 6.32. The number of aliphatic carboxylic acids is 1. The van der Waals surface area contributed by atoms with Crippen LogP contribution in [-0.4, -0.2) is 15.6 Å². The Balaban J connectivity index is 2.79. The SMILES string of the molecule is Cn1c(Cl)c(CC(=O)O)c2cccc(F)c21. The molecule has 0 amide bonds. The van der Waals surface area contributed by atoms with Crippen molar-refractivity contribution in [2.24, 2.45) is 7.05 Å². The first-order valence-corrected chi connectivity index (χ1v) is 5.03. The van der Waals surface area contributed by atoms with Crippen LogP contribution in [0, 0.1) is 5.82 Å². The Hall–Kier alpha value is -1.55. The number of para-hydroxylation sites is 1. The van der Waals surface area contributed by atoms with E-state index < -0.39 is 11.8 Å². The average molecular weight is 242 g/mol. The fraction of sp³-hybridized carbons (Fsp3) is 0.182. The van der Waals surface area contributed by atoms with Gasteiger partial charge in [0.2, 0.25) is 0 Å². The van der Waals surface area contributed by atoms with E-state index in [9.17, 15) is 9.18 Å². The maximum Gasteiger partial charge on any atom is 0.307 e. The molecular formula is C11H9ClFNO2. The van der Waals surface area contributed by atoms with E-state index in [0.29, 0.717) is 16.5 Å². The molecule has 0 aliphatic carbocycles. The summed E-state index contributed by atoms with van der Waals surface area (Å²) in [5, 5.41) is 9.58. The zero-order valence-corrected chi connectivity index (χ0v) is 9.25. The molecule has 0 bridgehead atoms. The summed E-state index contributed by atoms with van der Waals surface area (Å²) in [6.07, 6.45) is -0.209. The number of benzene rings is 1. The number of carbonyl (C=O) groups is 1. The van der Waals surface area contributed by atoms with Crippen LogP contribution in [0.3, 0.4) is 0 Å². The Morgan fingerprint density at radius 1 is 1.56 bits per heavy atom. The standard InChI is InChI=1S/C11H9ClFNO2/c1-14-10-6(3-2-4-8(10)13)7(11(14)12)5-9(15)16/h2-4H,5H2,1H3,(H,15,16). The molecule has 0 aliphatic heterocycles. The fourth-order valence-corrected chi connectivity index (χ4v) is 2.08.